The predicted octanol–water partition coefficient (Wildman–Crippen LogP) is 4.61. The Balaban J connectivity index is 1.61. The van der Waals surface area contributed by atoms with Gasteiger partial charge in [-0.1, -0.05) is 35.9 Å². The van der Waals surface area contributed by atoms with Crippen LogP contribution in [0.5, 0.6) is 0 Å². The largest absolute Gasteiger partial charge is 0.334 e. The van der Waals surface area contributed by atoms with Crippen LogP contribution >= 0.6 is 11.6 Å². The SMILES string of the molecule is CC1CN(C(=O)/C=C\c2ccc(Cl)cc2)C(C)CN1Cc1ccc(F)cc1. The highest BCUT2D eigenvalue weighted by Crippen LogP contribution is 2.19. The molecule has 0 spiro atoms. The number of piperazine rings is 1. The first-order valence-electron chi connectivity index (χ1n) is 9.15. The molecule has 3 rings (SSSR count). The van der Waals surface area contributed by atoms with E-state index in [0.29, 0.717) is 11.6 Å². The zero-order valence-electron chi connectivity index (χ0n) is 15.6. The first kappa shape index (κ1) is 19.6. The van der Waals surface area contributed by atoms with Gasteiger partial charge in [-0.3, -0.25) is 9.69 Å². The van der Waals surface area contributed by atoms with Crippen LogP contribution in [0.2, 0.25) is 5.02 Å². The van der Waals surface area contributed by atoms with Crippen molar-refractivity contribution in [3.05, 3.63) is 76.6 Å². The first-order valence-corrected chi connectivity index (χ1v) is 9.53. The third-order valence-corrected chi connectivity index (χ3v) is 5.24. The second kappa shape index (κ2) is 8.68. The smallest absolute Gasteiger partial charge is 0.246 e. The van der Waals surface area contributed by atoms with Gasteiger partial charge in [-0.25, -0.2) is 4.39 Å². The van der Waals surface area contributed by atoms with Gasteiger partial charge in [0, 0.05) is 42.8 Å². The van der Waals surface area contributed by atoms with Crippen molar-refractivity contribution in [3.63, 3.8) is 0 Å². The van der Waals surface area contributed by atoms with Gasteiger partial charge in [-0.15, -0.1) is 0 Å². The van der Waals surface area contributed by atoms with Crippen molar-refractivity contribution in [1.29, 1.82) is 0 Å². The number of rotatable bonds is 4. The van der Waals surface area contributed by atoms with E-state index >= 15 is 0 Å². The molecule has 0 aliphatic carbocycles. The van der Waals surface area contributed by atoms with Gasteiger partial charge in [-0.05, 0) is 55.3 Å². The van der Waals surface area contributed by atoms with Crippen LogP contribution in [0.25, 0.3) is 6.08 Å². The first-order chi connectivity index (χ1) is 12.9. The number of nitrogens with zero attached hydrogens (tertiary/aromatic N) is 2. The molecule has 1 aliphatic rings. The summed E-state index contributed by atoms with van der Waals surface area (Å²) in [4.78, 5) is 16.9. The molecule has 2 aromatic rings. The van der Waals surface area contributed by atoms with Gasteiger partial charge in [0.25, 0.3) is 0 Å². The van der Waals surface area contributed by atoms with Gasteiger partial charge in [-0.2, -0.15) is 0 Å². The molecule has 1 saturated heterocycles. The summed E-state index contributed by atoms with van der Waals surface area (Å²) in [7, 11) is 0. The van der Waals surface area contributed by atoms with E-state index in [-0.39, 0.29) is 23.8 Å². The number of halogens is 2. The summed E-state index contributed by atoms with van der Waals surface area (Å²) in [5.41, 5.74) is 2.03. The van der Waals surface area contributed by atoms with Gasteiger partial charge in [0.05, 0.1) is 0 Å². The lowest BCUT2D eigenvalue weighted by atomic mass is 10.1. The minimum Gasteiger partial charge on any atom is -0.334 e. The fourth-order valence-corrected chi connectivity index (χ4v) is 3.51. The lowest BCUT2D eigenvalue weighted by Crippen LogP contribution is -2.57. The lowest BCUT2D eigenvalue weighted by molar-refractivity contribution is -0.131. The Labute approximate surface area is 165 Å². The molecular formula is C22H24ClFN2O. The van der Waals surface area contributed by atoms with Crippen LogP contribution in [0, 0.1) is 5.82 Å². The zero-order valence-corrected chi connectivity index (χ0v) is 16.4. The summed E-state index contributed by atoms with van der Waals surface area (Å²) in [6.45, 7) is 6.41. The lowest BCUT2D eigenvalue weighted by Gasteiger charge is -2.44. The summed E-state index contributed by atoms with van der Waals surface area (Å²) < 4.78 is 13.1. The quantitative estimate of drug-likeness (QED) is 0.716. The Morgan fingerprint density at radius 3 is 2.41 bits per heavy atom. The maximum atomic E-state index is 13.1. The molecule has 0 aromatic heterocycles. The molecule has 2 aromatic carbocycles. The van der Waals surface area contributed by atoms with Crippen molar-refractivity contribution in [2.75, 3.05) is 13.1 Å². The summed E-state index contributed by atoms with van der Waals surface area (Å²) in [6.07, 6.45) is 3.45. The Kier molecular flexibility index (Phi) is 6.30. The molecule has 5 heteroatoms. The highest BCUT2D eigenvalue weighted by molar-refractivity contribution is 6.30. The fourth-order valence-electron chi connectivity index (χ4n) is 3.39. The van der Waals surface area contributed by atoms with E-state index in [1.165, 1.54) is 12.1 Å². The Morgan fingerprint density at radius 2 is 1.74 bits per heavy atom. The Hall–Kier alpha value is -2.17. The predicted molar refractivity (Wildman–Crippen MR) is 108 cm³/mol. The fraction of sp³-hybridized carbons (Fsp3) is 0.318. The maximum absolute atomic E-state index is 13.1. The summed E-state index contributed by atoms with van der Waals surface area (Å²) in [5.74, 6) is -0.200. The average molecular weight is 387 g/mol. The number of amides is 1. The van der Waals surface area contributed by atoms with Crippen LogP contribution in [-0.4, -0.2) is 40.9 Å². The number of benzene rings is 2. The molecular weight excluding hydrogens is 363 g/mol. The van der Waals surface area contributed by atoms with Crippen molar-refractivity contribution in [1.82, 2.24) is 9.80 Å². The molecule has 3 nitrogen and oxygen atoms in total. The van der Waals surface area contributed by atoms with E-state index < -0.39 is 0 Å². The maximum Gasteiger partial charge on any atom is 0.246 e. The molecule has 0 bridgehead atoms. The highest BCUT2D eigenvalue weighted by atomic mass is 35.5. The van der Waals surface area contributed by atoms with Crippen LogP contribution in [0.15, 0.2) is 54.6 Å². The number of carbonyl (C=O) groups is 1. The van der Waals surface area contributed by atoms with Crippen LogP contribution in [0.4, 0.5) is 4.39 Å². The average Bonchev–Trinajstić information content (AvgIpc) is 2.65. The molecule has 1 fully saturated rings. The third-order valence-electron chi connectivity index (χ3n) is 4.99. The zero-order chi connectivity index (χ0) is 19.4. The second-order valence-corrected chi connectivity index (χ2v) is 7.57. The van der Waals surface area contributed by atoms with Gasteiger partial charge >= 0.3 is 0 Å². The van der Waals surface area contributed by atoms with Crippen LogP contribution in [0.1, 0.15) is 25.0 Å². The minimum atomic E-state index is -0.219. The van der Waals surface area contributed by atoms with Crippen LogP contribution in [0.3, 0.4) is 0 Å². The highest BCUT2D eigenvalue weighted by Gasteiger charge is 2.30. The van der Waals surface area contributed by atoms with E-state index in [1.807, 2.05) is 47.4 Å². The molecule has 1 amide bonds. The molecule has 0 saturated carbocycles. The Bertz CT molecular complexity index is 804. The van der Waals surface area contributed by atoms with E-state index in [1.54, 1.807) is 6.08 Å². The van der Waals surface area contributed by atoms with Gasteiger partial charge in [0.2, 0.25) is 5.91 Å². The van der Waals surface area contributed by atoms with E-state index in [2.05, 4.69) is 18.7 Å². The van der Waals surface area contributed by atoms with Crippen molar-refractivity contribution in [2.45, 2.75) is 32.5 Å². The summed E-state index contributed by atoms with van der Waals surface area (Å²) in [5, 5.41) is 0.679. The van der Waals surface area contributed by atoms with Gasteiger partial charge in [0.15, 0.2) is 0 Å². The minimum absolute atomic E-state index is 0.0192. The van der Waals surface area contributed by atoms with Crippen LogP contribution in [-0.2, 0) is 11.3 Å². The monoisotopic (exact) mass is 386 g/mol. The molecule has 2 atom stereocenters. The van der Waals surface area contributed by atoms with Crippen LogP contribution < -0.4 is 0 Å². The second-order valence-electron chi connectivity index (χ2n) is 7.13. The molecule has 0 radical (unpaired) electrons. The van der Waals surface area contributed by atoms with E-state index in [9.17, 15) is 9.18 Å². The summed E-state index contributed by atoms with van der Waals surface area (Å²) >= 11 is 5.89. The normalized spacial score (nSPS) is 21.0. The molecule has 1 aliphatic heterocycles. The standard InChI is InChI=1S/C22H24ClFN2O/c1-16-14-26(22(27)12-7-18-3-8-20(23)9-4-18)17(2)13-25(16)15-19-5-10-21(24)11-6-19/h3-12,16-17H,13-15H2,1-2H3/b12-7-. The molecule has 0 N–H and O–H groups in total. The number of hydrogen-bond acceptors (Lipinski definition) is 2. The van der Waals surface area contributed by atoms with Gasteiger partial charge < -0.3 is 4.90 Å². The Morgan fingerprint density at radius 1 is 1.07 bits per heavy atom. The van der Waals surface area contributed by atoms with Crippen molar-refractivity contribution in [3.8, 4) is 0 Å². The summed E-state index contributed by atoms with van der Waals surface area (Å²) in [6, 6.07) is 14.4. The van der Waals surface area contributed by atoms with Crippen molar-refractivity contribution in [2.24, 2.45) is 0 Å². The number of hydrogen-bond donors (Lipinski definition) is 0. The van der Waals surface area contributed by atoms with E-state index in [0.717, 1.165) is 24.2 Å². The molecule has 1 heterocycles. The third kappa shape index (κ3) is 5.18. The van der Waals surface area contributed by atoms with E-state index in [4.69, 9.17) is 11.6 Å². The van der Waals surface area contributed by atoms with Gasteiger partial charge in [0.1, 0.15) is 5.82 Å². The molecule has 27 heavy (non-hydrogen) atoms. The molecule has 2 unspecified atom stereocenters. The van der Waals surface area contributed by atoms with Crippen molar-refractivity contribution >= 4 is 23.6 Å². The van der Waals surface area contributed by atoms with Crippen molar-refractivity contribution < 1.29 is 9.18 Å². The number of carbonyl (C=O) groups excluding carboxylic acids is 1. The molecule has 142 valence electrons. The topological polar surface area (TPSA) is 23.6 Å².